The first-order valence-corrected chi connectivity index (χ1v) is 17.5. The largest absolute Gasteiger partial charge is 0.393 e. The Hall–Kier alpha value is -0.650. The molecule has 0 unspecified atom stereocenters. The Balaban J connectivity index is 1.12. The van der Waals surface area contributed by atoms with Crippen molar-refractivity contribution in [2.24, 2.45) is 52.3 Å². The van der Waals surface area contributed by atoms with Crippen molar-refractivity contribution in [2.45, 2.75) is 136 Å². The molecule has 1 aliphatic heterocycles. The Kier molecular flexibility index (Phi) is 9.95. The number of nitrogens with one attached hydrogen (secondary N) is 1. The van der Waals surface area contributed by atoms with Gasteiger partial charge in [-0.15, -0.1) is 0 Å². The highest BCUT2D eigenvalue weighted by Crippen LogP contribution is 2.69. The molecule has 230 valence electrons. The summed E-state index contributed by atoms with van der Waals surface area (Å²) in [6.45, 7) is 14.4. The van der Waals surface area contributed by atoms with Crippen LogP contribution in [0.1, 0.15) is 124 Å². The molecule has 4 aliphatic carbocycles. The van der Waals surface area contributed by atoms with Gasteiger partial charge in [0.05, 0.1) is 12.2 Å². The van der Waals surface area contributed by atoms with Crippen LogP contribution >= 0.6 is 0 Å². The van der Waals surface area contributed by atoms with E-state index in [9.17, 15) is 15.0 Å². The summed E-state index contributed by atoms with van der Waals surface area (Å²) in [7, 11) is 0. The monoisotopic (exact) mass is 558 g/mol. The second-order valence-electron chi connectivity index (χ2n) is 15.6. The Morgan fingerprint density at radius 1 is 0.950 bits per heavy atom. The lowest BCUT2D eigenvalue weighted by molar-refractivity contribution is -0.203. The molecule has 1 saturated heterocycles. The van der Waals surface area contributed by atoms with Gasteiger partial charge in [0.2, 0.25) is 5.91 Å². The predicted octanol–water partition coefficient (Wildman–Crippen LogP) is 6.41. The Labute approximate surface area is 245 Å². The fourth-order valence-electron chi connectivity index (χ4n) is 11.5. The van der Waals surface area contributed by atoms with Crippen LogP contribution in [-0.4, -0.2) is 59.4 Å². The number of rotatable bonds is 11. The number of hydrogen-bond donors (Lipinski definition) is 3. The molecule has 5 nitrogen and oxygen atoms in total. The third-order valence-electron chi connectivity index (χ3n) is 13.6. The zero-order valence-electron chi connectivity index (χ0n) is 26.4. The number of amides is 1. The number of hydrogen-bond acceptors (Lipinski definition) is 4. The van der Waals surface area contributed by atoms with Gasteiger partial charge in [-0.05, 0) is 149 Å². The molecule has 0 spiro atoms. The van der Waals surface area contributed by atoms with Gasteiger partial charge in [0, 0.05) is 13.0 Å². The molecular weight excluding hydrogens is 496 g/mol. The maximum Gasteiger partial charge on any atom is 0.220 e. The van der Waals surface area contributed by atoms with Crippen LogP contribution in [-0.2, 0) is 4.79 Å². The molecule has 0 aromatic carbocycles. The molecule has 4 saturated carbocycles. The molecule has 11 atom stereocenters. The zero-order valence-corrected chi connectivity index (χ0v) is 26.4. The predicted molar refractivity (Wildman–Crippen MR) is 163 cm³/mol. The Morgan fingerprint density at radius 3 is 2.42 bits per heavy atom. The number of aliphatic hydroxyl groups excluding tert-OH is 2. The topological polar surface area (TPSA) is 72.8 Å². The van der Waals surface area contributed by atoms with Crippen LogP contribution in [0.2, 0.25) is 0 Å². The van der Waals surface area contributed by atoms with Gasteiger partial charge in [-0.2, -0.15) is 0 Å². The summed E-state index contributed by atoms with van der Waals surface area (Å²) in [6.07, 6.45) is 16.5. The van der Waals surface area contributed by atoms with Crippen molar-refractivity contribution in [1.82, 2.24) is 10.2 Å². The van der Waals surface area contributed by atoms with Gasteiger partial charge in [0.15, 0.2) is 0 Å². The SMILES string of the molecule is CC[C@H]1[C@@H](O)[C@@H]2[C@H](CC[C@]3(C)[C@@H]([C@H](C)CCC(=O)NCCCCCN4CCCC4)CC[C@@H]23)[C@@]2(C)CC[C@@H](O)C[C@@H]12. The zero-order chi connectivity index (χ0) is 28.5. The average Bonchev–Trinajstić information content (AvgIpc) is 3.58. The molecule has 1 heterocycles. The van der Waals surface area contributed by atoms with E-state index in [0.717, 1.165) is 45.1 Å². The third-order valence-corrected chi connectivity index (χ3v) is 13.6. The van der Waals surface area contributed by atoms with Crippen molar-refractivity contribution in [3.05, 3.63) is 0 Å². The maximum atomic E-state index is 12.7. The van der Waals surface area contributed by atoms with E-state index in [1.165, 1.54) is 71.0 Å². The quantitative estimate of drug-likeness (QED) is 0.256. The minimum atomic E-state index is -0.224. The number of carbonyl (C=O) groups excluding carboxylic acids is 1. The molecular formula is C35H62N2O3. The van der Waals surface area contributed by atoms with Crippen LogP contribution in [0, 0.1) is 52.3 Å². The highest BCUT2D eigenvalue weighted by molar-refractivity contribution is 5.75. The van der Waals surface area contributed by atoms with Crippen LogP contribution < -0.4 is 5.32 Å². The highest BCUT2D eigenvalue weighted by atomic mass is 16.3. The van der Waals surface area contributed by atoms with Crippen molar-refractivity contribution in [2.75, 3.05) is 26.2 Å². The first kappa shape index (κ1) is 30.8. The van der Waals surface area contributed by atoms with Crippen LogP contribution in [0.5, 0.6) is 0 Å². The summed E-state index contributed by atoms with van der Waals surface area (Å²) in [4.78, 5) is 15.3. The maximum absolute atomic E-state index is 12.7. The number of unbranched alkanes of at least 4 members (excludes halogenated alkanes) is 2. The van der Waals surface area contributed by atoms with Gasteiger partial charge >= 0.3 is 0 Å². The summed E-state index contributed by atoms with van der Waals surface area (Å²) >= 11 is 0. The van der Waals surface area contributed by atoms with Gasteiger partial charge in [-0.3, -0.25) is 4.79 Å². The molecule has 5 rings (SSSR count). The molecule has 0 radical (unpaired) electrons. The third kappa shape index (κ3) is 5.91. The van der Waals surface area contributed by atoms with Crippen LogP contribution in [0.15, 0.2) is 0 Å². The minimum absolute atomic E-state index is 0.182. The number of aliphatic hydroxyl groups is 2. The lowest BCUT2D eigenvalue weighted by atomic mass is 9.41. The van der Waals surface area contributed by atoms with E-state index >= 15 is 0 Å². The van der Waals surface area contributed by atoms with Gasteiger partial charge in [-0.1, -0.05) is 40.5 Å². The molecule has 0 aromatic rings. The molecule has 40 heavy (non-hydrogen) atoms. The summed E-state index contributed by atoms with van der Waals surface area (Å²) < 4.78 is 0. The van der Waals surface area contributed by atoms with Crippen LogP contribution in [0.4, 0.5) is 0 Å². The van der Waals surface area contributed by atoms with E-state index in [0.29, 0.717) is 47.8 Å². The summed E-state index contributed by atoms with van der Waals surface area (Å²) in [6, 6.07) is 0. The number of likely N-dealkylation sites (tertiary alicyclic amines) is 1. The van der Waals surface area contributed by atoms with E-state index in [2.05, 4.69) is 37.9 Å². The fourth-order valence-corrected chi connectivity index (χ4v) is 11.5. The molecule has 5 fully saturated rings. The number of nitrogens with zero attached hydrogens (tertiary/aromatic N) is 1. The minimum Gasteiger partial charge on any atom is -0.393 e. The standard InChI is InChI=1S/C35H62N2O3/c1-5-26-30-23-25(38)15-17-35(30,4)29-16-18-34(3)27(12-13-28(34)32(29)33(26)40)24(2)11-14-31(39)36-19-7-6-8-20-37-21-9-10-22-37/h24-30,32-33,38,40H,5-23H2,1-4H3,(H,36,39)/t24-,25-,26-,27-,28+,29+,30+,32+,33-,34-,35-/m1/s1. The van der Waals surface area contributed by atoms with E-state index in [-0.39, 0.29) is 28.9 Å². The first-order chi connectivity index (χ1) is 19.2. The average molecular weight is 559 g/mol. The van der Waals surface area contributed by atoms with Gasteiger partial charge in [0.25, 0.3) is 0 Å². The number of fused-ring (bicyclic) bond motifs is 5. The van der Waals surface area contributed by atoms with Gasteiger partial charge in [0.1, 0.15) is 0 Å². The smallest absolute Gasteiger partial charge is 0.220 e. The van der Waals surface area contributed by atoms with Crippen molar-refractivity contribution < 1.29 is 15.0 Å². The van der Waals surface area contributed by atoms with Crippen molar-refractivity contribution in [3.8, 4) is 0 Å². The molecule has 5 heteroatoms. The second kappa shape index (κ2) is 12.9. The lowest BCUT2D eigenvalue weighted by Gasteiger charge is -2.64. The summed E-state index contributed by atoms with van der Waals surface area (Å²) in [5.74, 6) is 3.83. The van der Waals surface area contributed by atoms with Crippen LogP contribution in [0.25, 0.3) is 0 Å². The van der Waals surface area contributed by atoms with E-state index < -0.39 is 0 Å². The summed E-state index contributed by atoms with van der Waals surface area (Å²) in [5, 5.41) is 25.7. The summed E-state index contributed by atoms with van der Waals surface area (Å²) in [5.41, 5.74) is 0.546. The Bertz CT molecular complexity index is 844. The van der Waals surface area contributed by atoms with Gasteiger partial charge < -0.3 is 20.4 Å². The van der Waals surface area contributed by atoms with Crippen molar-refractivity contribution >= 4 is 5.91 Å². The molecule has 0 bridgehead atoms. The highest BCUT2D eigenvalue weighted by Gasteiger charge is 2.64. The fraction of sp³-hybridized carbons (Fsp3) is 0.971. The lowest BCUT2D eigenvalue weighted by Crippen LogP contribution is -2.62. The van der Waals surface area contributed by atoms with E-state index in [4.69, 9.17) is 0 Å². The second-order valence-corrected chi connectivity index (χ2v) is 15.6. The van der Waals surface area contributed by atoms with Crippen molar-refractivity contribution in [1.29, 1.82) is 0 Å². The van der Waals surface area contributed by atoms with Crippen LogP contribution in [0.3, 0.4) is 0 Å². The van der Waals surface area contributed by atoms with Gasteiger partial charge in [-0.25, -0.2) is 0 Å². The van der Waals surface area contributed by atoms with E-state index in [1.807, 2.05) is 0 Å². The van der Waals surface area contributed by atoms with E-state index in [1.54, 1.807) is 0 Å². The molecule has 5 aliphatic rings. The molecule has 3 N–H and O–H groups in total. The molecule has 0 aromatic heterocycles. The molecule has 1 amide bonds. The normalized spacial score (nSPS) is 44.0. The first-order valence-electron chi connectivity index (χ1n) is 17.5. The van der Waals surface area contributed by atoms with Crippen molar-refractivity contribution in [3.63, 3.8) is 0 Å². The number of carbonyl (C=O) groups is 1. The Morgan fingerprint density at radius 2 is 1.68 bits per heavy atom.